The molecule has 4 fully saturated rings. The lowest BCUT2D eigenvalue weighted by atomic mass is 9.93. The molecule has 6 rings (SSSR count). The van der Waals surface area contributed by atoms with Gasteiger partial charge in [-0.25, -0.2) is 13.2 Å². The first-order valence-electron chi connectivity index (χ1n) is 13.3. The minimum atomic E-state index is -2.94. The first-order valence-corrected chi connectivity index (χ1v) is 13.3. The van der Waals surface area contributed by atoms with Crippen molar-refractivity contribution in [3.8, 4) is 0 Å². The second-order valence-corrected chi connectivity index (χ2v) is 11.6. The molecule has 0 unspecified atom stereocenters. The van der Waals surface area contributed by atoms with Crippen molar-refractivity contribution in [3.05, 3.63) is 63.3 Å². The first kappa shape index (κ1) is 24.5. The number of carbonyl (C=O) groups is 1. The molecule has 37 heavy (non-hydrogen) atoms. The molecule has 1 amide bonds. The predicted molar refractivity (Wildman–Crippen MR) is 134 cm³/mol. The van der Waals surface area contributed by atoms with E-state index in [4.69, 9.17) is 0 Å². The SMILES string of the molecule is C[C@@H](NC(=O)c1cn(C23CCC(CC2)C3)c(=O)cc1N[C@H]1[C@@H]2CN(C)C[C@@H]21)c1cccc(C(F)F)c1F. The van der Waals surface area contributed by atoms with Gasteiger partial charge in [-0.3, -0.25) is 9.59 Å². The third-order valence-corrected chi connectivity index (χ3v) is 9.32. The number of nitrogens with one attached hydrogen (secondary N) is 2. The summed E-state index contributed by atoms with van der Waals surface area (Å²) < 4.78 is 43.0. The van der Waals surface area contributed by atoms with Crippen molar-refractivity contribution in [2.45, 2.75) is 63.1 Å². The molecule has 198 valence electrons. The van der Waals surface area contributed by atoms with E-state index in [2.05, 4.69) is 22.6 Å². The number of fused-ring (bicyclic) bond motifs is 3. The minimum absolute atomic E-state index is 0.00163. The van der Waals surface area contributed by atoms with Gasteiger partial charge in [0.15, 0.2) is 0 Å². The summed E-state index contributed by atoms with van der Waals surface area (Å²) in [6, 6.07) is 4.73. The molecule has 1 aromatic heterocycles. The maximum atomic E-state index is 14.8. The third kappa shape index (κ3) is 4.15. The van der Waals surface area contributed by atoms with Gasteiger partial charge in [0.2, 0.25) is 0 Å². The number of halogens is 3. The molecule has 3 aliphatic carbocycles. The number of hydrogen-bond acceptors (Lipinski definition) is 4. The van der Waals surface area contributed by atoms with Crippen LogP contribution in [0.4, 0.5) is 18.9 Å². The summed E-state index contributed by atoms with van der Waals surface area (Å²) in [6.07, 6.45) is 3.70. The number of piperidine rings is 1. The number of pyridine rings is 1. The zero-order valence-electron chi connectivity index (χ0n) is 21.1. The van der Waals surface area contributed by atoms with Crippen molar-refractivity contribution in [2.24, 2.45) is 17.8 Å². The number of rotatable bonds is 7. The molecule has 1 aromatic carbocycles. The summed E-state index contributed by atoms with van der Waals surface area (Å²) in [5, 5.41) is 6.26. The number of likely N-dealkylation sites (tertiary alicyclic amines) is 1. The van der Waals surface area contributed by atoms with Crippen molar-refractivity contribution < 1.29 is 18.0 Å². The Hall–Kier alpha value is -2.81. The number of alkyl halides is 2. The fourth-order valence-electron chi connectivity index (χ4n) is 7.26. The van der Waals surface area contributed by atoms with Crippen LogP contribution >= 0.6 is 0 Å². The molecule has 2 aromatic rings. The maximum absolute atomic E-state index is 14.8. The minimum Gasteiger partial charge on any atom is -0.381 e. The topological polar surface area (TPSA) is 66.4 Å². The Morgan fingerprint density at radius 2 is 1.81 bits per heavy atom. The van der Waals surface area contributed by atoms with Crippen LogP contribution < -0.4 is 16.2 Å². The molecule has 1 saturated heterocycles. The van der Waals surface area contributed by atoms with Gasteiger partial charge in [-0.05, 0) is 63.8 Å². The van der Waals surface area contributed by atoms with E-state index < -0.39 is 29.8 Å². The lowest BCUT2D eigenvalue weighted by Crippen LogP contribution is -2.39. The summed E-state index contributed by atoms with van der Waals surface area (Å²) in [5.74, 6) is 0.118. The van der Waals surface area contributed by atoms with Crippen LogP contribution in [0, 0.1) is 23.6 Å². The molecule has 2 heterocycles. The summed E-state index contributed by atoms with van der Waals surface area (Å²) in [4.78, 5) is 29.2. The smallest absolute Gasteiger partial charge is 0.266 e. The summed E-state index contributed by atoms with van der Waals surface area (Å²) in [7, 11) is 2.09. The van der Waals surface area contributed by atoms with Crippen LogP contribution in [-0.4, -0.2) is 41.6 Å². The molecule has 2 bridgehead atoms. The van der Waals surface area contributed by atoms with Crippen molar-refractivity contribution >= 4 is 11.6 Å². The van der Waals surface area contributed by atoms with Gasteiger partial charge in [0.1, 0.15) is 5.82 Å². The third-order valence-electron chi connectivity index (χ3n) is 9.32. The van der Waals surface area contributed by atoms with Gasteiger partial charge in [-0.1, -0.05) is 18.2 Å². The van der Waals surface area contributed by atoms with Gasteiger partial charge in [-0.15, -0.1) is 0 Å². The lowest BCUT2D eigenvalue weighted by Gasteiger charge is -2.30. The summed E-state index contributed by atoms with van der Waals surface area (Å²) in [6.45, 7) is 3.53. The number of amides is 1. The van der Waals surface area contributed by atoms with E-state index >= 15 is 0 Å². The Kier molecular flexibility index (Phi) is 5.89. The monoisotopic (exact) mass is 514 g/mol. The molecule has 0 radical (unpaired) electrons. The molecular formula is C28H33F3N4O2. The Labute approximate surface area is 214 Å². The molecule has 4 atom stereocenters. The number of carbonyl (C=O) groups excluding carboxylic acids is 1. The number of aromatic nitrogens is 1. The second-order valence-electron chi connectivity index (χ2n) is 11.6. The van der Waals surface area contributed by atoms with Crippen LogP contribution in [0.2, 0.25) is 0 Å². The zero-order valence-corrected chi connectivity index (χ0v) is 21.1. The number of nitrogens with zero attached hydrogens (tertiary/aromatic N) is 2. The highest BCUT2D eigenvalue weighted by Gasteiger charge is 2.55. The van der Waals surface area contributed by atoms with E-state index in [9.17, 15) is 22.8 Å². The summed E-state index contributed by atoms with van der Waals surface area (Å²) >= 11 is 0. The molecule has 2 N–H and O–H groups in total. The van der Waals surface area contributed by atoms with Crippen LogP contribution in [-0.2, 0) is 5.54 Å². The van der Waals surface area contributed by atoms with Crippen molar-refractivity contribution in [1.82, 2.24) is 14.8 Å². The van der Waals surface area contributed by atoms with E-state index in [1.807, 2.05) is 0 Å². The average molecular weight is 515 g/mol. The highest BCUT2D eigenvalue weighted by Crippen LogP contribution is 2.52. The van der Waals surface area contributed by atoms with E-state index in [0.717, 1.165) is 51.3 Å². The number of anilines is 1. The second kappa shape index (κ2) is 8.89. The Bertz CT molecular complexity index is 1270. The number of hydrogen-bond donors (Lipinski definition) is 2. The number of benzene rings is 1. The normalized spacial score (nSPS) is 31.0. The van der Waals surface area contributed by atoms with Gasteiger partial charge >= 0.3 is 0 Å². The van der Waals surface area contributed by atoms with Crippen molar-refractivity contribution in [1.29, 1.82) is 0 Å². The van der Waals surface area contributed by atoms with E-state index in [1.165, 1.54) is 18.2 Å². The molecule has 0 spiro atoms. The molecular weight excluding hydrogens is 481 g/mol. The van der Waals surface area contributed by atoms with Crippen LogP contribution in [0.15, 0.2) is 35.3 Å². The largest absolute Gasteiger partial charge is 0.381 e. The quantitative estimate of drug-likeness (QED) is 0.563. The first-order chi connectivity index (χ1) is 17.7. The highest BCUT2D eigenvalue weighted by molar-refractivity contribution is 5.99. The predicted octanol–water partition coefficient (Wildman–Crippen LogP) is 4.68. The van der Waals surface area contributed by atoms with Crippen LogP contribution in [0.3, 0.4) is 0 Å². The van der Waals surface area contributed by atoms with Gasteiger partial charge in [0.05, 0.1) is 22.9 Å². The fraction of sp³-hybridized carbons (Fsp3) is 0.571. The van der Waals surface area contributed by atoms with Crippen molar-refractivity contribution in [3.63, 3.8) is 0 Å². The highest BCUT2D eigenvalue weighted by atomic mass is 19.3. The van der Waals surface area contributed by atoms with Crippen molar-refractivity contribution in [2.75, 3.05) is 25.5 Å². The van der Waals surface area contributed by atoms with Gasteiger partial charge in [0, 0.05) is 42.5 Å². The van der Waals surface area contributed by atoms with Gasteiger partial charge < -0.3 is 20.1 Å². The molecule has 6 nitrogen and oxygen atoms in total. The van der Waals surface area contributed by atoms with E-state index in [-0.39, 0.29) is 22.7 Å². The molecule has 4 aliphatic rings. The van der Waals surface area contributed by atoms with Gasteiger partial charge in [0.25, 0.3) is 17.9 Å². The van der Waals surface area contributed by atoms with E-state index in [0.29, 0.717) is 29.0 Å². The lowest BCUT2D eigenvalue weighted by molar-refractivity contribution is 0.0938. The van der Waals surface area contributed by atoms with Crippen LogP contribution in [0.5, 0.6) is 0 Å². The average Bonchev–Trinajstić information content (AvgIpc) is 3.27. The zero-order chi connectivity index (χ0) is 26.1. The maximum Gasteiger partial charge on any atom is 0.266 e. The summed E-state index contributed by atoms with van der Waals surface area (Å²) in [5.41, 5.74) is -0.234. The molecule has 9 heteroatoms. The molecule has 3 saturated carbocycles. The van der Waals surface area contributed by atoms with Gasteiger partial charge in [-0.2, -0.15) is 0 Å². The Morgan fingerprint density at radius 1 is 1.14 bits per heavy atom. The van der Waals surface area contributed by atoms with Crippen LogP contribution in [0.1, 0.15) is 73.0 Å². The molecule has 1 aliphatic heterocycles. The fourth-order valence-corrected chi connectivity index (χ4v) is 7.26. The van der Waals surface area contributed by atoms with E-state index in [1.54, 1.807) is 17.7 Å². The van der Waals surface area contributed by atoms with Crippen LogP contribution in [0.25, 0.3) is 0 Å². The Morgan fingerprint density at radius 3 is 2.43 bits per heavy atom. The Balaban J connectivity index is 1.32. The standard InChI is InChI=1S/C28H33F3N4O2/c1-15(17-4-3-5-18(24(17)29)26(30)31)32-27(37)21-14-35(28-8-6-16(11-28)7-9-28)23(36)10-22(21)33-25-19-12-34(2)13-20(19)25/h3-5,10,14-16,19-20,25-26,33H,6-9,11-13H2,1-2H3,(H,32,37)/t15-,16?,19-,20+,25+,28?/m1/s1.